The Labute approximate surface area is 105 Å². The number of furan rings is 2. The molecule has 0 saturated carbocycles. The smallest absolute Gasteiger partial charge is 0.328 e. The first-order valence-corrected chi connectivity index (χ1v) is 5.60. The summed E-state index contributed by atoms with van der Waals surface area (Å²) in [5, 5.41) is 8.72. The zero-order valence-electron chi connectivity index (χ0n) is 10.2. The molecule has 0 aliphatic rings. The fraction of sp³-hybridized carbons (Fsp3) is 0.214. The van der Waals surface area contributed by atoms with Gasteiger partial charge in [-0.3, -0.25) is 0 Å². The van der Waals surface area contributed by atoms with Crippen LogP contribution in [0.25, 0.3) is 0 Å². The molecular formula is C14H14O4. The molecule has 0 radical (unpaired) electrons. The van der Waals surface area contributed by atoms with Crippen molar-refractivity contribution in [3.8, 4) is 0 Å². The largest absolute Gasteiger partial charge is 0.478 e. The second-order valence-corrected chi connectivity index (χ2v) is 4.07. The Morgan fingerprint density at radius 3 is 1.94 bits per heavy atom. The molecule has 0 fully saturated rings. The number of carbonyl (C=O) groups is 1. The van der Waals surface area contributed by atoms with Gasteiger partial charge in [0, 0.05) is 6.08 Å². The number of allylic oxidation sites excluding steroid dienone is 1. The first-order chi connectivity index (χ1) is 8.56. The summed E-state index contributed by atoms with van der Waals surface area (Å²) in [6, 6.07) is 7.33. The Morgan fingerprint density at radius 2 is 1.61 bits per heavy atom. The minimum Gasteiger partial charge on any atom is -0.478 e. The summed E-state index contributed by atoms with van der Waals surface area (Å²) in [6.07, 6.45) is 2.65. The molecule has 0 spiro atoms. The standard InChI is InChI=1S/C14H14O4/c1-9-3-6-12(17-9)11(5-8-14(15)16)13-7-4-10(2)18-13/h3-8,11H,1-2H3,(H,15,16)/b8-5+. The lowest BCUT2D eigenvalue weighted by Gasteiger charge is -2.06. The van der Waals surface area contributed by atoms with E-state index in [9.17, 15) is 4.79 Å². The lowest BCUT2D eigenvalue weighted by Crippen LogP contribution is -1.96. The molecule has 4 nitrogen and oxygen atoms in total. The van der Waals surface area contributed by atoms with Crippen molar-refractivity contribution in [1.29, 1.82) is 0 Å². The predicted molar refractivity (Wildman–Crippen MR) is 65.5 cm³/mol. The lowest BCUT2D eigenvalue weighted by atomic mass is 10.0. The molecule has 0 aliphatic carbocycles. The van der Waals surface area contributed by atoms with Crippen molar-refractivity contribution in [2.75, 3.05) is 0 Å². The monoisotopic (exact) mass is 246 g/mol. The van der Waals surface area contributed by atoms with Crippen LogP contribution in [0.3, 0.4) is 0 Å². The van der Waals surface area contributed by atoms with Crippen molar-refractivity contribution >= 4 is 5.97 Å². The Bertz CT molecular complexity index is 534. The highest BCUT2D eigenvalue weighted by atomic mass is 16.4. The molecule has 0 unspecified atom stereocenters. The first kappa shape index (κ1) is 12.2. The fourth-order valence-corrected chi connectivity index (χ4v) is 1.75. The van der Waals surface area contributed by atoms with Gasteiger partial charge in [-0.2, -0.15) is 0 Å². The normalized spacial score (nSPS) is 11.5. The summed E-state index contributed by atoms with van der Waals surface area (Å²) in [6.45, 7) is 3.68. The number of hydrogen-bond acceptors (Lipinski definition) is 3. The molecule has 0 bridgehead atoms. The summed E-state index contributed by atoms with van der Waals surface area (Å²) in [4.78, 5) is 10.6. The summed E-state index contributed by atoms with van der Waals surface area (Å²) in [5.74, 6) is 1.58. The van der Waals surface area contributed by atoms with E-state index in [-0.39, 0.29) is 5.92 Å². The molecule has 1 N–H and O–H groups in total. The van der Waals surface area contributed by atoms with Gasteiger partial charge in [-0.15, -0.1) is 0 Å². The summed E-state index contributed by atoms with van der Waals surface area (Å²) >= 11 is 0. The molecule has 2 heterocycles. The Morgan fingerprint density at radius 1 is 1.11 bits per heavy atom. The van der Waals surface area contributed by atoms with E-state index < -0.39 is 5.97 Å². The van der Waals surface area contributed by atoms with Crippen LogP contribution in [-0.4, -0.2) is 11.1 Å². The average Bonchev–Trinajstić information content (AvgIpc) is 2.89. The molecule has 0 aromatic carbocycles. The van der Waals surface area contributed by atoms with Gasteiger partial charge in [-0.1, -0.05) is 6.08 Å². The number of rotatable bonds is 4. The lowest BCUT2D eigenvalue weighted by molar-refractivity contribution is -0.131. The van der Waals surface area contributed by atoms with Crippen LogP contribution < -0.4 is 0 Å². The van der Waals surface area contributed by atoms with Crippen LogP contribution in [-0.2, 0) is 4.79 Å². The molecule has 2 aromatic rings. The van der Waals surface area contributed by atoms with Crippen LogP contribution in [0.15, 0.2) is 45.3 Å². The third-order valence-corrected chi connectivity index (χ3v) is 2.57. The SMILES string of the molecule is Cc1ccc(C(/C=C/C(=O)O)c2ccc(C)o2)o1. The zero-order chi connectivity index (χ0) is 13.1. The van der Waals surface area contributed by atoms with Crippen LogP contribution in [0.4, 0.5) is 0 Å². The Balaban J connectivity index is 2.37. The van der Waals surface area contributed by atoms with Gasteiger partial charge in [-0.25, -0.2) is 4.79 Å². The van der Waals surface area contributed by atoms with Gasteiger partial charge in [0.25, 0.3) is 0 Å². The molecule has 0 atom stereocenters. The quantitative estimate of drug-likeness (QED) is 0.841. The van der Waals surface area contributed by atoms with Crippen molar-refractivity contribution in [1.82, 2.24) is 0 Å². The molecule has 2 rings (SSSR count). The van der Waals surface area contributed by atoms with Crippen LogP contribution in [0, 0.1) is 13.8 Å². The zero-order valence-corrected chi connectivity index (χ0v) is 10.2. The second kappa shape index (κ2) is 4.96. The van der Waals surface area contributed by atoms with Gasteiger partial charge in [-0.05, 0) is 38.1 Å². The van der Waals surface area contributed by atoms with Gasteiger partial charge in [0.2, 0.25) is 0 Å². The molecular weight excluding hydrogens is 232 g/mol. The van der Waals surface area contributed by atoms with E-state index in [4.69, 9.17) is 13.9 Å². The third kappa shape index (κ3) is 2.71. The predicted octanol–water partition coefficient (Wildman–Crippen LogP) is 3.26. The number of carboxylic acid groups (broad SMARTS) is 1. The Hall–Kier alpha value is -2.23. The van der Waals surface area contributed by atoms with Crippen molar-refractivity contribution in [2.24, 2.45) is 0 Å². The first-order valence-electron chi connectivity index (χ1n) is 5.60. The van der Waals surface area contributed by atoms with E-state index in [1.165, 1.54) is 0 Å². The minimum atomic E-state index is -0.994. The molecule has 0 saturated heterocycles. The van der Waals surface area contributed by atoms with Crippen LogP contribution in [0.2, 0.25) is 0 Å². The summed E-state index contributed by atoms with van der Waals surface area (Å²) < 4.78 is 11.1. The average molecular weight is 246 g/mol. The van der Waals surface area contributed by atoms with E-state index in [0.29, 0.717) is 11.5 Å². The highest BCUT2D eigenvalue weighted by molar-refractivity contribution is 5.80. The minimum absolute atomic E-state index is 0.316. The van der Waals surface area contributed by atoms with E-state index in [0.717, 1.165) is 17.6 Å². The molecule has 0 amide bonds. The number of aliphatic carboxylic acids is 1. The van der Waals surface area contributed by atoms with Gasteiger partial charge < -0.3 is 13.9 Å². The van der Waals surface area contributed by atoms with Crippen molar-refractivity contribution < 1.29 is 18.7 Å². The Kier molecular flexibility index (Phi) is 3.37. The van der Waals surface area contributed by atoms with E-state index in [1.807, 2.05) is 38.1 Å². The number of hydrogen-bond donors (Lipinski definition) is 1. The number of aryl methyl sites for hydroxylation is 2. The van der Waals surface area contributed by atoms with E-state index in [1.54, 1.807) is 6.08 Å². The van der Waals surface area contributed by atoms with Crippen molar-refractivity contribution in [2.45, 2.75) is 19.8 Å². The van der Waals surface area contributed by atoms with E-state index in [2.05, 4.69) is 0 Å². The van der Waals surface area contributed by atoms with E-state index >= 15 is 0 Å². The van der Waals surface area contributed by atoms with Crippen LogP contribution in [0.1, 0.15) is 29.0 Å². The maximum Gasteiger partial charge on any atom is 0.328 e. The third-order valence-electron chi connectivity index (χ3n) is 2.57. The van der Waals surface area contributed by atoms with Gasteiger partial charge >= 0.3 is 5.97 Å². The van der Waals surface area contributed by atoms with Crippen molar-refractivity contribution in [3.05, 3.63) is 59.5 Å². The van der Waals surface area contributed by atoms with Gasteiger partial charge in [0.1, 0.15) is 23.0 Å². The molecule has 4 heteroatoms. The summed E-state index contributed by atoms with van der Waals surface area (Å²) in [7, 11) is 0. The topological polar surface area (TPSA) is 63.6 Å². The van der Waals surface area contributed by atoms with Gasteiger partial charge in [0.15, 0.2) is 0 Å². The summed E-state index contributed by atoms with van der Waals surface area (Å²) in [5.41, 5.74) is 0. The molecule has 94 valence electrons. The highest BCUT2D eigenvalue weighted by Crippen LogP contribution is 2.29. The molecule has 2 aromatic heterocycles. The fourth-order valence-electron chi connectivity index (χ4n) is 1.75. The number of carboxylic acids is 1. The van der Waals surface area contributed by atoms with Crippen LogP contribution in [0.5, 0.6) is 0 Å². The maximum atomic E-state index is 10.6. The highest BCUT2D eigenvalue weighted by Gasteiger charge is 2.18. The molecule has 18 heavy (non-hydrogen) atoms. The van der Waals surface area contributed by atoms with Gasteiger partial charge in [0.05, 0.1) is 5.92 Å². The second-order valence-electron chi connectivity index (χ2n) is 4.07. The molecule has 0 aliphatic heterocycles. The van der Waals surface area contributed by atoms with Crippen LogP contribution >= 0.6 is 0 Å². The maximum absolute atomic E-state index is 10.6. The van der Waals surface area contributed by atoms with Crippen molar-refractivity contribution in [3.63, 3.8) is 0 Å².